The van der Waals surface area contributed by atoms with Crippen LogP contribution in [0, 0.1) is 0 Å². The lowest BCUT2D eigenvalue weighted by Crippen LogP contribution is -2.14. The van der Waals surface area contributed by atoms with E-state index in [0.29, 0.717) is 0 Å². The van der Waals surface area contributed by atoms with Crippen LogP contribution in [0.1, 0.15) is 26.3 Å². The molecule has 0 saturated heterocycles. The van der Waals surface area contributed by atoms with Gasteiger partial charge in [-0.25, -0.2) is 4.98 Å². The Morgan fingerprint density at radius 1 is 0.447 bits per heavy atom. The van der Waals surface area contributed by atoms with Crippen molar-refractivity contribution in [2.24, 2.45) is 0 Å². The van der Waals surface area contributed by atoms with Crippen LogP contribution in [0.3, 0.4) is 0 Å². The summed E-state index contributed by atoms with van der Waals surface area (Å²) in [6.07, 6.45) is 2.01. The highest BCUT2D eigenvalue weighted by molar-refractivity contribution is 6.21. The van der Waals surface area contributed by atoms with Crippen LogP contribution in [0.4, 0.5) is 17.2 Å². The average molecular weight is 605 g/mol. The molecular formula is C45H36N2. The molecule has 0 radical (unpaired) electrons. The molecule has 0 aliphatic heterocycles. The van der Waals surface area contributed by atoms with E-state index in [9.17, 15) is 0 Å². The number of fused-ring (bicyclic) bond motifs is 3. The lowest BCUT2D eigenvalue weighted by Gasteiger charge is -2.26. The van der Waals surface area contributed by atoms with Crippen molar-refractivity contribution in [3.63, 3.8) is 0 Å². The molecule has 0 N–H and O–H groups in total. The van der Waals surface area contributed by atoms with Gasteiger partial charge in [0.1, 0.15) is 5.82 Å². The van der Waals surface area contributed by atoms with Crippen molar-refractivity contribution < 1.29 is 0 Å². The molecule has 0 fully saturated rings. The summed E-state index contributed by atoms with van der Waals surface area (Å²) in [6.45, 7) is 6.66. The van der Waals surface area contributed by atoms with Gasteiger partial charge >= 0.3 is 0 Å². The first kappa shape index (κ1) is 28.7. The molecule has 1 aromatic heterocycles. The number of rotatable bonds is 5. The third kappa shape index (κ3) is 5.22. The third-order valence-corrected chi connectivity index (χ3v) is 9.24. The fourth-order valence-corrected chi connectivity index (χ4v) is 6.83. The van der Waals surface area contributed by atoms with Crippen LogP contribution in [-0.4, -0.2) is 4.98 Å². The normalized spacial score (nSPS) is 11.7. The summed E-state index contributed by atoms with van der Waals surface area (Å²) in [7, 11) is 0. The molecule has 0 aliphatic carbocycles. The van der Waals surface area contributed by atoms with Crippen molar-refractivity contribution in [3.8, 4) is 22.3 Å². The van der Waals surface area contributed by atoms with Crippen molar-refractivity contribution in [1.29, 1.82) is 0 Å². The highest BCUT2D eigenvalue weighted by atomic mass is 15.2. The smallest absolute Gasteiger partial charge is 0.137 e. The fraction of sp³-hybridized carbons (Fsp3) is 0.0889. The van der Waals surface area contributed by atoms with Gasteiger partial charge in [0, 0.05) is 17.6 Å². The Kier molecular flexibility index (Phi) is 7.07. The van der Waals surface area contributed by atoms with E-state index >= 15 is 0 Å². The quantitative estimate of drug-likeness (QED) is 0.182. The van der Waals surface area contributed by atoms with Crippen LogP contribution >= 0.6 is 0 Å². The second-order valence-corrected chi connectivity index (χ2v) is 13.3. The topological polar surface area (TPSA) is 16.1 Å². The lowest BCUT2D eigenvalue weighted by atomic mass is 9.85. The molecule has 1 heterocycles. The summed E-state index contributed by atoms with van der Waals surface area (Å²) in [5.41, 5.74) is 8.37. The van der Waals surface area contributed by atoms with Gasteiger partial charge in [-0.2, -0.15) is 0 Å². The average Bonchev–Trinajstić information content (AvgIpc) is 3.11. The number of para-hydroxylation sites is 1. The number of anilines is 3. The van der Waals surface area contributed by atoms with E-state index in [2.05, 4.69) is 183 Å². The number of aromatic nitrogens is 1. The zero-order valence-corrected chi connectivity index (χ0v) is 27.0. The van der Waals surface area contributed by atoms with Crippen molar-refractivity contribution >= 4 is 49.5 Å². The Labute approximate surface area is 276 Å². The fourth-order valence-electron chi connectivity index (χ4n) is 6.83. The van der Waals surface area contributed by atoms with E-state index in [-0.39, 0.29) is 5.41 Å². The third-order valence-electron chi connectivity index (χ3n) is 9.24. The van der Waals surface area contributed by atoms with E-state index in [4.69, 9.17) is 4.98 Å². The number of hydrogen-bond acceptors (Lipinski definition) is 2. The predicted molar refractivity (Wildman–Crippen MR) is 201 cm³/mol. The van der Waals surface area contributed by atoms with E-state index in [1.165, 1.54) is 60.1 Å². The van der Waals surface area contributed by atoms with Crippen molar-refractivity contribution in [2.45, 2.75) is 26.2 Å². The second kappa shape index (κ2) is 11.6. The lowest BCUT2D eigenvalue weighted by molar-refractivity contribution is 0.587. The van der Waals surface area contributed by atoms with Gasteiger partial charge in [0.15, 0.2) is 0 Å². The minimum absolute atomic E-state index is 0.0418. The molecule has 0 spiro atoms. The first-order valence-corrected chi connectivity index (χ1v) is 16.3. The molecule has 2 nitrogen and oxygen atoms in total. The molecule has 0 amide bonds. The molecule has 7 aromatic carbocycles. The van der Waals surface area contributed by atoms with Crippen LogP contribution in [-0.2, 0) is 5.41 Å². The number of benzene rings is 7. The summed E-state index contributed by atoms with van der Waals surface area (Å²) in [5.74, 6) is 0.896. The Bertz CT molecular complexity index is 2310. The summed E-state index contributed by atoms with van der Waals surface area (Å²) in [6, 6.07) is 56.9. The van der Waals surface area contributed by atoms with Crippen LogP contribution in [0.25, 0.3) is 54.6 Å². The van der Waals surface area contributed by atoms with Gasteiger partial charge in [0.2, 0.25) is 0 Å². The maximum atomic E-state index is 4.94. The van der Waals surface area contributed by atoms with E-state index < -0.39 is 0 Å². The molecule has 8 rings (SSSR count). The molecular weight excluding hydrogens is 569 g/mol. The highest BCUT2D eigenvalue weighted by Crippen LogP contribution is 2.45. The Morgan fingerprint density at radius 2 is 0.957 bits per heavy atom. The maximum absolute atomic E-state index is 4.94. The van der Waals surface area contributed by atoms with Crippen LogP contribution < -0.4 is 4.90 Å². The van der Waals surface area contributed by atoms with Gasteiger partial charge in [-0.3, -0.25) is 4.90 Å². The van der Waals surface area contributed by atoms with Crippen LogP contribution in [0.5, 0.6) is 0 Å². The van der Waals surface area contributed by atoms with Gasteiger partial charge in [-0.15, -0.1) is 0 Å². The van der Waals surface area contributed by atoms with Crippen LogP contribution in [0.15, 0.2) is 164 Å². The molecule has 0 aliphatic rings. The van der Waals surface area contributed by atoms with Crippen molar-refractivity contribution in [3.05, 3.63) is 169 Å². The Balaban J connectivity index is 1.29. The minimum Gasteiger partial charge on any atom is -0.295 e. The Hall–Kier alpha value is -5.73. The van der Waals surface area contributed by atoms with Crippen molar-refractivity contribution in [2.75, 3.05) is 4.90 Å². The van der Waals surface area contributed by atoms with Gasteiger partial charge in [0.25, 0.3) is 0 Å². The monoisotopic (exact) mass is 604 g/mol. The molecule has 0 unspecified atom stereocenters. The molecule has 226 valence electrons. The second-order valence-electron chi connectivity index (χ2n) is 13.3. The zero-order valence-electron chi connectivity index (χ0n) is 27.0. The molecule has 8 aromatic rings. The first-order valence-electron chi connectivity index (χ1n) is 16.3. The SMILES string of the molecule is CC(C)(C)c1ccc(N(c2ccccc2)c2ccc(-c3c4ccccc4c(-c4ccc5ccccc5c4)c4ccccc34)cc2)nc1. The first-order chi connectivity index (χ1) is 23.0. The van der Waals surface area contributed by atoms with Gasteiger partial charge in [0.05, 0.1) is 0 Å². The van der Waals surface area contributed by atoms with Gasteiger partial charge < -0.3 is 0 Å². The van der Waals surface area contributed by atoms with E-state index in [1.54, 1.807) is 0 Å². The van der Waals surface area contributed by atoms with Crippen molar-refractivity contribution in [1.82, 2.24) is 4.98 Å². The summed E-state index contributed by atoms with van der Waals surface area (Å²) >= 11 is 0. The predicted octanol–water partition coefficient (Wildman–Crippen LogP) is 12.6. The molecule has 0 atom stereocenters. The van der Waals surface area contributed by atoms with E-state index in [1.807, 2.05) is 6.20 Å². The number of nitrogens with zero attached hydrogens (tertiary/aromatic N) is 2. The molecule has 2 heteroatoms. The molecule has 47 heavy (non-hydrogen) atoms. The molecule has 0 bridgehead atoms. The van der Waals surface area contributed by atoms with Gasteiger partial charge in [-0.05, 0) is 102 Å². The largest absolute Gasteiger partial charge is 0.295 e. The van der Waals surface area contributed by atoms with E-state index in [0.717, 1.165) is 17.2 Å². The van der Waals surface area contributed by atoms with Crippen LogP contribution in [0.2, 0.25) is 0 Å². The Morgan fingerprint density at radius 3 is 1.53 bits per heavy atom. The number of hydrogen-bond donors (Lipinski definition) is 0. The summed E-state index contributed by atoms with van der Waals surface area (Å²) in [4.78, 5) is 7.18. The summed E-state index contributed by atoms with van der Waals surface area (Å²) in [5, 5.41) is 7.53. The highest BCUT2D eigenvalue weighted by Gasteiger charge is 2.19. The standard InChI is InChI=1S/C45H36N2/c1-45(2,3)35-25-28-42(46-30-35)47(36-15-5-4-6-16-36)37-26-23-32(24-27-37)43-38-17-9-11-19-40(38)44(41-20-12-10-18-39(41)43)34-22-21-31-13-7-8-14-33(31)29-34/h4-30H,1-3H3. The molecule has 0 saturated carbocycles. The minimum atomic E-state index is 0.0418. The summed E-state index contributed by atoms with van der Waals surface area (Å²) < 4.78 is 0. The zero-order chi connectivity index (χ0) is 32.0. The maximum Gasteiger partial charge on any atom is 0.137 e. The van der Waals surface area contributed by atoms with Gasteiger partial charge in [-0.1, -0.05) is 142 Å². The number of pyridine rings is 1.